The van der Waals surface area contributed by atoms with Crippen molar-refractivity contribution in [3.63, 3.8) is 0 Å². The van der Waals surface area contributed by atoms with E-state index >= 15 is 0 Å². The molecule has 6 nitrogen and oxygen atoms in total. The van der Waals surface area contributed by atoms with E-state index in [0.717, 1.165) is 62.3 Å². The Balaban J connectivity index is 1.50. The van der Waals surface area contributed by atoms with Crippen LogP contribution >= 0.6 is 0 Å². The first-order valence-corrected chi connectivity index (χ1v) is 10.6. The normalized spacial score (nSPS) is 43.6. The Kier molecular flexibility index (Phi) is 5.06. The molecule has 0 spiro atoms. The van der Waals surface area contributed by atoms with E-state index in [1.54, 1.807) is 0 Å². The number of hydrazine groups is 1. The minimum atomic E-state index is -0.137. The minimum absolute atomic E-state index is 0.0843. The Morgan fingerprint density at radius 2 is 2.15 bits per heavy atom. The van der Waals surface area contributed by atoms with Crippen molar-refractivity contribution < 1.29 is 9.90 Å². The van der Waals surface area contributed by atoms with Crippen LogP contribution in [-0.2, 0) is 4.79 Å². The van der Waals surface area contributed by atoms with Gasteiger partial charge in [0.15, 0.2) is 5.78 Å². The molecule has 0 aromatic carbocycles. The average Bonchev–Trinajstić information content (AvgIpc) is 2.98. The molecule has 6 heteroatoms. The third-order valence-electron chi connectivity index (χ3n) is 8.34. The second-order valence-electron chi connectivity index (χ2n) is 9.49. The van der Waals surface area contributed by atoms with Crippen LogP contribution in [0.1, 0.15) is 58.3 Å². The van der Waals surface area contributed by atoms with E-state index < -0.39 is 0 Å². The van der Waals surface area contributed by atoms with Gasteiger partial charge in [0.25, 0.3) is 0 Å². The van der Waals surface area contributed by atoms with Gasteiger partial charge in [0, 0.05) is 5.92 Å². The molecule has 3 fully saturated rings. The zero-order chi connectivity index (χ0) is 19.2. The largest absolute Gasteiger partial charge is 0.393 e. The minimum Gasteiger partial charge on any atom is -0.393 e. The number of nitrogens with zero attached hydrogens (tertiary/aromatic N) is 2. The molecule has 0 amide bonds. The number of carbonyl (C=O) groups excluding carboxylic acids is 1. The van der Waals surface area contributed by atoms with Gasteiger partial charge in [-0.2, -0.15) is 5.10 Å². The second kappa shape index (κ2) is 7.21. The monoisotopic (exact) mass is 374 g/mol. The molecule has 7 atom stereocenters. The summed E-state index contributed by atoms with van der Waals surface area (Å²) in [6, 6.07) is 0. The molecule has 7 unspecified atom stereocenters. The van der Waals surface area contributed by atoms with Crippen LogP contribution < -0.4 is 11.6 Å². The van der Waals surface area contributed by atoms with Crippen molar-refractivity contribution in [2.45, 2.75) is 64.4 Å². The molecule has 5 N–H and O–H groups in total. The van der Waals surface area contributed by atoms with Crippen LogP contribution in [-0.4, -0.2) is 35.0 Å². The molecule has 4 aliphatic rings. The number of hydrogen-bond donors (Lipinski definition) is 3. The van der Waals surface area contributed by atoms with Gasteiger partial charge < -0.3 is 10.8 Å². The Hall–Kier alpha value is -1.40. The number of aliphatic hydroxyl groups is 1. The van der Waals surface area contributed by atoms with E-state index in [2.05, 4.69) is 18.1 Å². The van der Waals surface area contributed by atoms with E-state index in [1.807, 2.05) is 0 Å². The smallest absolute Gasteiger partial charge is 0.159 e. The summed E-state index contributed by atoms with van der Waals surface area (Å²) in [4.78, 5) is 12.9. The number of carbonyl (C=O) groups is 1. The van der Waals surface area contributed by atoms with Crippen molar-refractivity contribution in [2.75, 3.05) is 6.54 Å². The predicted octanol–water partition coefficient (Wildman–Crippen LogP) is 2.18. The van der Waals surface area contributed by atoms with Crippen LogP contribution in [0.25, 0.3) is 0 Å². The molecule has 4 aliphatic carbocycles. The fourth-order valence-corrected chi connectivity index (χ4v) is 7.17. The van der Waals surface area contributed by atoms with Gasteiger partial charge in [0.2, 0.25) is 0 Å². The maximum Gasteiger partial charge on any atom is 0.159 e. The number of fused-ring (bicyclic) bond motifs is 5. The van der Waals surface area contributed by atoms with E-state index in [-0.39, 0.29) is 29.8 Å². The summed E-state index contributed by atoms with van der Waals surface area (Å²) in [5.74, 6) is 8.79. The van der Waals surface area contributed by atoms with Gasteiger partial charge in [-0.05, 0) is 80.5 Å². The zero-order valence-electron chi connectivity index (χ0n) is 16.4. The summed E-state index contributed by atoms with van der Waals surface area (Å²) in [7, 11) is 0. The summed E-state index contributed by atoms with van der Waals surface area (Å²) < 4.78 is 0. The lowest BCUT2D eigenvalue weighted by atomic mass is 9.51. The molecule has 27 heavy (non-hydrogen) atoms. The van der Waals surface area contributed by atoms with Crippen LogP contribution in [0.3, 0.4) is 0 Å². The first-order chi connectivity index (χ1) is 12.9. The lowest BCUT2D eigenvalue weighted by molar-refractivity contribution is -0.130. The van der Waals surface area contributed by atoms with Gasteiger partial charge in [-0.15, -0.1) is 0 Å². The van der Waals surface area contributed by atoms with Crippen molar-refractivity contribution in [1.29, 1.82) is 0 Å². The van der Waals surface area contributed by atoms with E-state index in [9.17, 15) is 9.90 Å². The highest BCUT2D eigenvalue weighted by Gasteiger charge is 2.57. The third kappa shape index (κ3) is 3.21. The molecule has 0 heterocycles. The highest BCUT2D eigenvalue weighted by Crippen LogP contribution is 2.63. The number of rotatable bonds is 4. The molecule has 0 saturated heterocycles. The lowest BCUT2D eigenvalue weighted by Gasteiger charge is -2.53. The Morgan fingerprint density at radius 3 is 2.93 bits per heavy atom. The van der Waals surface area contributed by atoms with Crippen molar-refractivity contribution in [2.24, 2.45) is 51.7 Å². The Bertz CT molecular complexity index is 648. The highest BCUT2D eigenvalue weighted by atomic mass is 16.3. The summed E-state index contributed by atoms with van der Waals surface area (Å²) in [5.41, 5.74) is 6.89. The van der Waals surface area contributed by atoms with Gasteiger partial charge in [0.1, 0.15) is 12.9 Å². The first kappa shape index (κ1) is 18.9. The fraction of sp³-hybridized carbons (Fsp3) is 0.810. The number of Topliss-reactive ketones (excluding diaryl/α,β-unsaturated/α-hetero) is 1. The first-order valence-electron chi connectivity index (χ1n) is 10.6. The molecule has 150 valence electrons. The maximum absolute atomic E-state index is 12.9. The van der Waals surface area contributed by atoms with Crippen LogP contribution in [0.4, 0.5) is 0 Å². The van der Waals surface area contributed by atoms with E-state index in [1.165, 1.54) is 12.0 Å². The number of hydrazone groups is 1. The maximum atomic E-state index is 12.9. The molecule has 0 aromatic heterocycles. The van der Waals surface area contributed by atoms with Gasteiger partial charge in [-0.25, -0.2) is 11.0 Å². The molecular formula is C21H34N4O2. The SMILES string of the molecule is CC12CCC3C4CCC(O)CC4=CCC3C1CCC2C(=O)CN(N)/N=C\N. The Labute approximate surface area is 162 Å². The van der Waals surface area contributed by atoms with Crippen LogP contribution in [0.5, 0.6) is 0 Å². The third-order valence-corrected chi connectivity index (χ3v) is 8.34. The van der Waals surface area contributed by atoms with Gasteiger partial charge in [-0.1, -0.05) is 18.6 Å². The second-order valence-corrected chi connectivity index (χ2v) is 9.49. The summed E-state index contributed by atoms with van der Waals surface area (Å²) in [6.45, 7) is 2.49. The quantitative estimate of drug-likeness (QED) is 0.230. The Morgan fingerprint density at radius 1 is 1.33 bits per heavy atom. The molecule has 0 aromatic rings. The van der Waals surface area contributed by atoms with Crippen molar-refractivity contribution in [3.05, 3.63) is 11.6 Å². The summed E-state index contributed by atoms with van der Waals surface area (Å²) in [5, 5.41) is 15.0. The van der Waals surface area contributed by atoms with Crippen molar-refractivity contribution >= 4 is 12.1 Å². The molecule has 3 saturated carbocycles. The van der Waals surface area contributed by atoms with Crippen molar-refractivity contribution in [3.8, 4) is 0 Å². The van der Waals surface area contributed by atoms with Crippen LogP contribution in [0.15, 0.2) is 16.8 Å². The van der Waals surface area contributed by atoms with Crippen molar-refractivity contribution in [1.82, 2.24) is 5.12 Å². The zero-order valence-corrected chi connectivity index (χ0v) is 16.4. The van der Waals surface area contributed by atoms with Gasteiger partial charge in [0.05, 0.1) is 6.10 Å². The predicted molar refractivity (Wildman–Crippen MR) is 105 cm³/mol. The topological polar surface area (TPSA) is 105 Å². The standard InChI is InChI=1S/C21H34N4O2/c1-21-9-8-16-15-5-3-14(26)10-13(15)2-4-17(16)18(21)6-7-19(21)20(27)11-25(23)24-12-22/h2,12,14-19,26H,3-11,23H2,1H3,(H2,22,24). The molecule has 0 bridgehead atoms. The molecular weight excluding hydrogens is 340 g/mol. The van der Waals surface area contributed by atoms with E-state index in [4.69, 9.17) is 11.6 Å². The number of nitrogens with two attached hydrogens (primary N) is 2. The number of ketones is 1. The van der Waals surface area contributed by atoms with E-state index in [0.29, 0.717) is 17.8 Å². The average molecular weight is 375 g/mol. The summed E-state index contributed by atoms with van der Waals surface area (Å²) >= 11 is 0. The highest BCUT2D eigenvalue weighted by molar-refractivity contribution is 5.84. The van der Waals surface area contributed by atoms with Gasteiger partial charge in [-0.3, -0.25) is 4.79 Å². The molecule has 0 aliphatic heterocycles. The lowest BCUT2D eigenvalue weighted by Crippen LogP contribution is -2.48. The van der Waals surface area contributed by atoms with Gasteiger partial charge >= 0.3 is 0 Å². The molecule has 4 rings (SSSR count). The number of allylic oxidation sites excluding steroid dienone is 1. The fourth-order valence-electron chi connectivity index (χ4n) is 7.17. The number of hydrogen-bond acceptors (Lipinski definition) is 5. The molecule has 0 radical (unpaired) electrons. The van der Waals surface area contributed by atoms with Crippen LogP contribution in [0, 0.1) is 35.0 Å². The number of aliphatic hydroxyl groups excluding tert-OH is 1. The van der Waals surface area contributed by atoms with Crippen LogP contribution in [0.2, 0.25) is 0 Å². The summed E-state index contributed by atoms with van der Waals surface area (Å²) in [6.07, 6.45) is 12.0.